The first kappa shape index (κ1) is 18.9. The smallest absolute Gasteiger partial charge is 0.233 e. The van der Waals surface area contributed by atoms with E-state index >= 15 is 0 Å². The Morgan fingerprint density at radius 2 is 1.93 bits per heavy atom. The van der Waals surface area contributed by atoms with Crippen LogP contribution < -0.4 is 0 Å². The number of nitrogens with zero attached hydrogens (tertiary/aromatic N) is 5. The Labute approximate surface area is 178 Å². The molecular weight excluding hydrogens is 396 g/mol. The molecule has 152 valence electrons. The SMILES string of the molecule is Cc1cccc(C)c1-n1nnnc1SCC(=O)N1CCc2[nH]c3ccccc3c2C1. The molecule has 0 aliphatic carbocycles. The summed E-state index contributed by atoms with van der Waals surface area (Å²) >= 11 is 1.38. The van der Waals surface area contributed by atoms with Gasteiger partial charge in [0.1, 0.15) is 0 Å². The molecule has 8 heteroatoms. The highest BCUT2D eigenvalue weighted by Crippen LogP contribution is 2.29. The highest BCUT2D eigenvalue weighted by molar-refractivity contribution is 7.99. The molecular formula is C22H22N6OS. The van der Waals surface area contributed by atoms with Crippen LogP contribution in [0.4, 0.5) is 0 Å². The standard InChI is InChI=1S/C22H22N6OS/c1-14-6-5-7-15(2)21(14)28-22(24-25-26-28)30-13-20(29)27-11-10-19-17(12-27)16-8-3-4-9-18(16)23-19/h3-9,23H,10-13H2,1-2H3. The van der Waals surface area contributed by atoms with Gasteiger partial charge in [-0.2, -0.15) is 4.68 Å². The molecule has 0 spiro atoms. The summed E-state index contributed by atoms with van der Waals surface area (Å²) in [7, 11) is 0. The normalized spacial score (nSPS) is 13.6. The zero-order valence-corrected chi connectivity index (χ0v) is 17.7. The third kappa shape index (κ3) is 3.27. The van der Waals surface area contributed by atoms with E-state index in [1.165, 1.54) is 28.4 Å². The van der Waals surface area contributed by atoms with Crippen molar-refractivity contribution < 1.29 is 4.79 Å². The number of fused-ring (bicyclic) bond motifs is 3. The summed E-state index contributed by atoms with van der Waals surface area (Å²) in [5.41, 5.74) is 6.77. The number of hydrogen-bond donors (Lipinski definition) is 1. The van der Waals surface area contributed by atoms with E-state index < -0.39 is 0 Å². The van der Waals surface area contributed by atoms with Crippen LogP contribution in [0.25, 0.3) is 16.6 Å². The van der Waals surface area contributed by atoms with E-state index in [0.717, 1.165) is 35.3 Å². The molecule has 1 amide bonds. The topological polar surface area (TPSA) is 79.7 Å². The van der Waals surface area contributed by atoms with Crippen LogP contribution in [-0.4, -0.2) is 48.3 Å². The van der Waals surface area contributed by atoms with E-state index in [1.807, 2.05) is 49.1 Å². The van der Waals surface area contributed by atoms with Gasteiger partial charge < -0.3 is 9.88 Å². The number of benzene rings is 2. The molecule has 0 saturated heterocycles. The van der Waals surface area contributed by atoms with E-state index in [4.69, 9.17) is 0 Å². The molecule has 1 aliphatic heterocycles. The maximum absolute atomic E-state index is 13.0. The minimum Gasteiger partial charge on any atom is -0.358 e. The van der Waals surface area contributed by atoms with Gasteiger partial charge in [0, 0.05) is 41.7 Å². The average molecular weight is 419 g/mol. The number of H-pyrrole nitrogens is 1. The minimum atomic E-state index is 0.104. The van der Waals surface area contributed by atoms with Gasteiger partial charge in [-0.1, -0.05) is 48.2 Å². The summed E-state index contributed by atoms with van der Waals surface area (Å²) in [6, 6.07) is 14.4. The third-order valence-corrected chi connectivity index (χ3v) is 6.56. The number of carbonyl (C=O) groups is 1. The van der Waals surface area contributed by atoms with Gasteiger partial charge in [0.2, 0.25) is 11.1 Å². The second-order valence-corrected chi connectivity index (χ2v) is 8.54. The lowest BCUT2D eigenvalue weighted by molar-refractivity contribution is -0.129. The molecule has 0 saturated carbocycles. The van der Waals surface area contributed by atoms with Gasteiger partial charge in [-0.25, -0.2) is 0 Å². The van der Waals surface area contributed by atoms with Crippen LogP contribution in [0.15, 0.2) is 47.6 Å². The Morgan fingerprint density at radius 1 is 1.13 bits per heavy atom. The van der Waals surface area contributed by atoms with Gasteiger partial charge in [-0.3, -0.25) is 4.79 Å². The molecule has 5 rings (SSSR count). The van der Waals surface area contributed by atoms with E-state index in [-0.39, 0.29) is 5.91 Å². The maximum atomic E-state index is 13.0. The second-order valence-electron chi connectivity index (χ2n) is 7.60. The Balaban J connectivity index is 1.32. The van der Waals surface area contributed by atoms with Gasteiger partial charge in [-0.05, 0) is 41.5 Å². The van der Waals surface area contributed by atoms with Crippen LogP contribution in [0.1, 0.15) is 22.4 Å². The fraction of sp³-hybridized carbons (Fsp3) is 0.273. The molecule has 0 unspecified atom stereocenters. The summed E-state index contributed by atoms with van der Waals surface area (Å²) in [6.45, 7) is 5.44. The molecule has 1 aliphatic rings. The van der Waals surface area contributed by atoms with Crippen LogP contribution in [0.2, 0.25) is 0 Å². The summed E-state index contributed by atoms with van der Waals surface area (Å²) in [4.78, 5) is 18.4. The summed E-state index contributed by atoms with van der Waals surface area (Å²) in [6.07, 6.45) is 0.848. The fourth-order valence-electron chi connectivity index (χ4n) is 4.15. The molecule has 0 atom stereocenters. The number of aromatic nitrogens is 5. The van der Waals surface area contributed by atoms with Crippen molar-refractivity contribution in [3.8, 4) is 5.69 Å². The number of amides is 1. The highest BCUT2D eigenvalue weighted by Gasteiger charge is 2.24. The number of para-hydroxylation sites is 2. The van der Waals surface area contributed by atoms with Crippen molar-refractivity contribution in [3.05, 3.63) is 64.8 Å². The number of thioether (sulfide) groups is 1. The van der Waals surface area contributed by atoms with Gasteiger partial charge in [0.15, 0.2) is 0 Å². The van der Waals surface area contributed by atoms with E-state index in [9.17, 15) is 4.79 Å². The van der Waals surface area contributed by atoms with Gasteiger partial charge >= 0.3 is 0 Å². The number of aryl methyl sites for hydroxylation is 2. The molecule has 0 bridgehead atoms. The molecule has 0 fully saturated rings. The molecule has 3 heterocycles. The van der Waals surface area contributed by atoms with Gasteiger partial charge in [0.25, 0.3) is 0 Å². The number of rotatable bonds is 4. The Bertz CT molecular complexity index is 1220. The largest absolute Gasteiger partial charge is 0.358 e. The van der Waals surface area contributed by atoms with Crippen molar-refractivity contribution in [2.45, 2.75) is 32.0 Å². The van der Waals surface area contributed by atoms with Crippen molar-refractivity contribution in [3.63, 3.8) is 0 Å². The summed E-state index contributed by atoms with van der Waals surface area (Å²) in [5, 5.41) is 14.0. The van der Waals surface area contributed by atoms with Gasteiger partial charge in [-0.15, -0.1) is 5.10 Å². The molecule has 1 N–H and O–H groups in total. The Kier molecular flexibility index (Phi) is 4.78. The van der Waals surface area contributed by atoms with Crippen LogP contribution in [0.5, 0.6) is 0 Å². The number of tetrazole rings is 1. The van der Waals surface area contributed by atoms with Crippen LogP contribution in [0.3, 0.4) is 0 Å². The van der Waals surface area contributed by atoms with Crippen molar-refractivity contribution >= 4 is 28.6 Å². The average Bonchev–Trinajstić information content (AvgIpc) is 3.36. The van der Waals surface area contributed by atoms with E-state index in [2.05, 4.69) is 32.6 Å². The lowest BCUT2D eigenvalue weighted by Crippen LogP contribution is -2.36. The van der Waals surface area contributed by atoms with Crippen LogP contribution in [0, 0.1) is 13.8 Å². The van der Waals surface area contributed by atoms with Crippen molar-refractivity contribution in [1.29, 1.82) is 0 Å². The molecule has 2 aromatic heterocycles. The molecule has 7 nitrogen and oxygen atoms in total. The zero-order valence-electron chi connectivity index (χ0n) is 16.9. The number of hydrogen-bond acceptors (Lipinski definition) is 5. The van der Waals surface area contributed by atoms with Crippen molar-refractivity contribution in [2.24, 2.45) is 0 Å². The van der Waals surface area contributed by atoms with Crippen LogP contribution in [-0.2, 0) is 17.8 Å². The van der Waals surface area contributed by atoms with Crippen LogP contribution >= 0.6 is 11.8 Å². The van der Waals surface area contributed by atoms with Crippen molar-refractivity contribution in [2.75, 3.05) is 12.3 Å². The number of nitrogens with one attached hydrogen (secondary N) is 1. The predicted molar refractivity (Wildman–Crippen MR) is 117 cm³/mol. The molecule has 4 aromatic rings. The Morgan fingerprint density at radius 3 is 2.77 bits per heavy atom. The lowest BCUT2D eigenvalue weighted by Gasteiger charge is -2.27. The predicted octanol–water partition coefficient (Wildman–Crippen LogP) is 3.44. The first-order valence-electron chi connectivity index (χ1n) is 9.96. The lowest BCUT2D eigenvalue weighted by atomic mass is 10.0. The maximum Gasteiger partial charge on any atom is 0.233 e. The number of carbonyl (C=O) groups excluding carboxylic acids is 1. The fourth-order valence-corrected chi connectivity index (χ4v) is 4.93. The number of aromatic amines is 1. The molecule has 30 heavy (non-hydrogen) atoms. The van der Waals surface area contributed by atoms with Gasteiger partial charge in [0.05, 0.1) is 11.4 Å². The van der Waals surface area contributed by atoms with Crippen molar-refractivity contribution in [1.82, 2.24) is 30.1 Å². The molecule has 0 radical (unpaired) electrons. The first-order valence-corrected chi connectivity index (χ1v) is 10.9. The van der Waals surface area contributed by atoms with E-state index in [1.54, 1.807) is 4.68 Å². The third-order valence-electron chi connectivity index (χ3n) is 5.65. The minimum absolute atomic E-state index is 0.104. The summed E-state index contributed by atoms with van der Waals surface area (Å²) < 4.78 is 1.73. The Hall–Kier alpha value is -3.13. The second kappa shape index (κ2) is 7.60. The highest BCUT2D eigenvalue weighted by atomic mass is 32.2. The van der Waals surface area contributed by atoms with E-state index in [0.29, 0.717) is 17.5 Å². The quantitative estimate of drug-likeness (QED) is 0.514. The monoisotopic (exact) mass is 418 g/mol. The zero-order chi connectivity index (χ0) is 20.7. The first-order chi connectivity index (χ1) is 14.6. The summed E-state index contributed by atoms with van der Waals surface area (Å²) in [5.74, 6) is 0.412. The molecule has 2 aromatic carbocycles.